The minimum absolute atomic E-state index is 0.290. The Labute approximate surface area is 76.9 Å². The number of carbonyl (C=O) groups is 1. The van der Waals surface area contributed by atoms with Crippen molar-refractivity contribution < 1.29 is 4.79 Å². The highest BCUT2D eigenvalue weighted by atomic mass is 28.3. The van der Waals surface area contributed by atoms with Gasteiger partial charge in [-0.2, -0.15) is 0 Å². The lowest BCUT2D eigenvalue weighted by atomic mass is 10.2. The maximum Gasteiger partial charge on any atom is 0.129 e. The fourth-order valence-corrected chi connectivity index (χ4v) is 1.85. The second kappa shape index (κ2) is 4.60. The SMILES string of the molecule is C=C(CCCC(C)=O)[Si](C)(C)C. The molecule has 0 aliphatic heterocycles. The van der Waals surface area contributed by atoms with Gasteiger partial charge in [-0.15, -0.1) is 6.58 Å². The summed E-state index contributed by atoms with van der Waals surface area (Å²) in [5.74, 6) is 0.290. The van der Waals surface area contributed by atoms with E-state index in [0.29, 0.717) is 12.2 Å². The van der Waals surface area contributed by atoms with Crippen molar-refractivity contribution in [1.29, 1.82) is 0 Å². The first-order valence-electron chi connectivity index (χ1n) is 4.51. The molecule has 0 unspecified atom stereocenters. The number of ketones is 1. The lowest BCUT2D eigenvalue weighted by molar-refractivity contribution is -0.117. The van der Waals surface area contributed by atoms with Crippen molar-refractivity contribution in [3.63, 3.8) is 0 Å². The first kappa shape index (κ1) is 11.6. The normalized spacial score (nSPS) is 11.3. The fraction of sp³-hybridized carbons (Fsp3) is 0.700. The van der Waals surface area contributed by atoms with Crippen LogP contribution >= 0.6 is 0 Å². The molecule has 0 saturated heterocycles. The van der Waals surface area contributed by atoms with Crippen LogP contribution in [-0.2, 0) is 4.79 Å². The maximum atomic E-state index is 10.7. The summed E-state index contributed by atoms with van der Waals surface area (Å²) >= 11 is 0. The van der Waals surface area contributed by atoms with Crippen LogP contribution in [0.4, 0.5) is 0 Å². The molecular weight excluding hydrogens is 164 g/mol. The molecule has 0 fully saturated rings. The summed E-state index contributed by atoms with van der Waals surface area (Å²) in [6, 6.07) is 0. The van der Waals surface area contributed by atoms with Gasteiger partial charge in [0.1, 0.15) is 5.78 Å². The molecule has 12 heavy (non-hydrogen) atoms. The minimum atomic E-state index is -1.14. The molecule has 0 radical (unpaired) electrons. The number of rotatable bonds is 5. The van der Waals surface area contributed by atoms with E-state index in [0.717, 1.165) is 12.8 Å². The molecule has 0 heterocycles. The van der Waals surface area contributed by atoms with E-state index in [4.69, 9.17) is 0 Å². The zero-order chi connectivity index (χ0) is 9.78. The standard InChI is InChI=1S/C10H20OSi/c1-9(11)7-6-8-10(2)12(3,4)5/h2,6-8H2,1,3-5H3. The summed E-state index contributed by atoms with van der Waals surface area (Å²) in [4.78, 5) is 10.7. The summed E-state index contributed by atoms with van der Waals surface area (Å²) in [7, 11) is -1.14. The van der Waals surface area contributed by atoms with Crippen LogP contribution in [0.5, 0.6) is 0 Å². The number of carbonyl (C=O) groups excluding carboxylic acids is 1. The Balaban J connectivity index is 3.66. The molecule has 0 bridgehead atoms. The first-order chi connectivity index (χ1) is 5.34. The van der Waals surface area contributed by atoms with E-state index >= 15 is 0 Å². The average Bonchev–Trinajstić information content (AvgIpc) is 1.84. The van der Waals surface area contributed by atoms with E-state index in [1.54, 1.807) is 6.92 Å². The summed E-state index contributed by atoms with van der Waals surface area (Å²) < 4.78 is 0. The van der Waals surface area contributed by atoms with Crippen LogP contribution in [0.1, 0.15) is 26.2 Å². The van der Waals surface area contributed by atoms with Crippen molar-refractivity contribution in [2.24, 2.45) is 0 Å². The van der Waals surface area contributed by atoms with Crippen LogP contribution in [0.2, 0.25) is 19.6 Å². The first-order valence-corrected chi connectivity index (χ1v) is 8.01. The maximum absolute atomic E-state index is 10.7. The quantitative estimate of drug-likeness (QED) is 0.600. The predicted molar refractivity (Wildman–Crippen MR) is 57.0 cm³/mol. The molecule has 70 valence electrons. The molecule has 0 saturated carbocycles. The van der Waals surface area contributed by atoms with E-state index < -0.39 is 8.07 Å². The zero-order valence-corrected chi connectivity index (χ0v) is 9.74. The van der Waals surface area contributed by atoms with E-state index in [1.807, 2.05) is 0 Å². The van der Waals surface area contributed by atoms with Crippen molar-refractivity contribution in [3.8, 4) is 0 Å². The molecule has 0 rings (SSSR count). The van der Waals surface area contributed by atoms with Gasteiger partial charge in [-0.25, -0.2) is 0 Å². The van der Waals surface area contributed by atoms with Crippen LogP contribution < -0.4 is 0 Å². The molecule has 0 amide bonds. The molecule has 0 aromatic rings. The van der Waals surface area contributed by atoms with Gasteiger partial charge in [0.25, 0.3) is 0 Å². The van der Waals surface area contributed by atoms with E-state index in [1.165, 1.54) is 5.20 Å². The molecule has 0 aromatic carbocycles. The number of hydrogen-bond donors (Lipinski definition) is 0. The molecule has 0 atom stereocenters. The smallest absolute Gasteiger partial charge is 0.129 e. The van der Waals surface area contributed by atoms with Crippen LogP contribution in [0.3, 0.4) is 0 Å². The van der Waals surface area contributed by atoms with E-state index in [-0.39, 0.29) is 0 Å². The van der Waals surface area contributed by atoms with Crippen molar-refractivity contribution >= 4 is 13.9 Å². The van der Waals surface area contributed by atoms with Gasteiger partial charge >= 0.3 is 0 Å². The Morgan fingerprint density at radius 1 is 1.25 bits per heavy atom. The lowest BCUT2D eigenvalue weighted by Gasteiger charge is -2.19. The summed E-state index contributed by atoms with van der Waals surface area (Å²) in [5.41, 5.74) is 0. The Morgan fingerprint density at radius 2 is 1.75 bits per heavy atom. The van der Waals surface area contributed by atoms with Gasteiger partial charge < -0.3 is 4.79 Å². The zero-order valence-electron chi connectivity index (χ0n) is 8.74. The van der Waals surface area contributed by atoms with Crippen molar-refractivity contribution in [1.82, 2.24) is 0 Å². The Hall–Kier alpha value is -0.373. The highest BCUT2D eigenvalue weighted by Gasteiger charge is 2.16. The highest BCUT2D eigenvalue weighted by Crippen LogP contribution is 2.18. The second-order valence-corrected chi connectivity index (χ2v) is 9.62. The lowest BCUT2D eigenvalue weighted by Crippen LogP contribution is -2.23. The molecule has 2 heteroatoms. The summed E-state index contributed by atoms with van der Waals surface area (Å²) in [6.07, 6.45) is 2.73. The third-order valence-electron chi connectivity index (χ3n) is 2.07. The van der Waals surface area contributed by atoms with Gasteiger partial charge in [0.15, 0.2) is 0 Å². The van der Waals surface area contributed by atoms with E-state index in [9.17, 15) is 4.79 Å². The topological polar surface area (TPSA) is 17.1 Å². The van der Waals surface area contributed by atoms with E-state index in [2.05, 4.69) is 26.2 Å². The minimum Gasteiger partial charge on any atom is -0.300 e. The largest absolute Gasteiger partial charge is 0.300 e. The van der Waals surface area contributed by atoms with Crippen LogP contribution in [-0.4, -0.2) is 13.9 Å². The van der Waals surface area contributed by atoms with Gasteiger partial charge in [0.2, 0.25) is 0 Å². The van der Waals surface area contributed by atoms with Gasteiger partial charge in [-0.3, -0.25) is 0 Å². The monoisotopic (exact) mass is 184 g/mol. The Bertz CT molecular complexity index is 177. The number of allylic oxidation sites excluding steroid dienone is 1. The van der Waals surface area contributed by atoms with Crippen LogP contribution in [0.25, 0.3) is 0 Å². The molecular formula is C10H20OSi. The fourth-order valence-electron chi connectivity index (χ4n) is 0.926. The molecule has 0 spiro atoms. The molecule has 1 nitrogen and oxygen atoms in total. The van der Waals surface area contributed by atoms with Crippen LogP contribution in [0, 0.1) is 0 Å². The highest BCUT2D eigenvalue weighted by molar-refractivity contribution is 6.82. The number of Topliss-reactive ketones (excluding diaryl/α,β-unsaturated/α-hetero) is 1. The third-order valence-corrected chi connectivity index (χ3v) is 4.44. The van der Waals surface area contributed by atoms with Crippen molar-refractivity contribution in [2.75, 3.05) is 0 Å². The Kier molecular flexibility index (Phi) is 4.46. The molecule has 0 aliphatic carbocycles. The molecule has 0 aromatic heterocycles. The van der Waals surface area contributed by atoms with Crippen molar-refractivity contribution in [3.05, 3.63) is 11.8 Å². The van der Waals surface area contributed by atoms with Gasteiger partial charge in [-0.05, 0) is 19.8 Å². The van der Waals surface area contributed by atoms with Crippen LogP contribution in [0.15, 0.2) is 11.8 Å². The third kappa shape index (κ3) is 5.30. The Morgan fingerprint density at radius 3 is 2.08 bits per heavy atom. The predicted octanol–water partition coefficient (Wildman–Crippen LogP) is 3.18. The van der Waals surface area contributed by atoms with Crippen molar-refractivity contribution in [2.45, 2.75) is 45.8 Å². The summed E-state index contributed by atoms with van der Waals surface area (Å²) in [6.45, 7) is 12.6. The molecule has 0 aliphatic rings. The van der Waals surface area contributed by atoms with Gasteiger partial charge in [0.05, 0.1) is 8.07 Å². The summed E-state index contributed by atoms with van der Waals surface area (Å²) in [5, 5.41) is 1.38. The van der Waals surface area contributed by atoms with Gasteiger partial charge in [0, 0.05) is 6.42 Å². The second-order valence-electron chi connectivity index (χ2n) is 4.41. The number of hydrogen-bond acceptors (Lipinski definition) is 1. The molecule has 0 N–H and O–H groups in total. The average molecular weight is 184 g/mol. The van der Waals surface area contributed by atoms with Gasteiger partial charge in [-0.1, -0.05) is 24.8 Å².